The fourth-order valence-electron chi connectivity index (χ4n) is 2.56. The Morgan fingerprint density at radius 1 is 1.39 bits per heavy atom. The van der Waals surface area contributed by atoms with Crippen LogP contribution in [0.5, 0.6) is 0 Å². The van der Waals surface area contributed by atoms with Gasteiger partial charge in [0.2, 0.25) is 15.9 Å². The highest BCUT2D eigenvalue weighted by Gasteiger charge is 2.31. The van der Waals surface area contributed by atoms with Crippen LogP contribution < -0.4 is 5.73 Å². The van der Waals surface area contributed by atoms with Gasteiger partial charge in [-0.1, -0.05) is 17.7 Å². The molecule has 1 aromatic rings. The van der Waals surface area contributed by atoms with Crippen molar-refractivity contribution in [2.45, 2.75) is 17.9 Å². The zero-order valence-electron chi connectivity index (χ0n) is 13.4. The molecule has 1 atom stereocenters. The van der Waals surface area contributed by atoms with Crippen molar-refractivity contribution in [1.29, 1.82) is 0 Å². The number of hydrogen-bond acceptors (Lipinski definition) is 5. The van der Waals surface area contributed by atoms with Gasteiger partial charge in [-0.2, -0.15) is 4.31 Å². The van der Waals surface area contributed by atoms with E-state index in [0.29, 0.717) is 19.7 Å². The van der Waals surface area contributed by atoms with Gasteiger partial charge in [0, 0.05) is 19.6 Å². The summed E-state index contributed by atoms with van der Waals surface area (Å²) in [6, 6.07) is 6.81. The molecule has 0 radical (unpaired) electrons. The van der Waals surface area contributed by atoms with E-state index >= 15 is 0 Å². The SMILES string of the molecule is Cc1ccc(S(=O)(=O)N2CCOC(CN(C)CC(N)=O)C2)cc1. The Morgan fingerprint density at radius 2 is 2.04 bits per heavy atom. The summed E-state index contributed by atoms with van der Waals surface area (Å²) in [5.74, 6) is -0.424. The molecule has 1 aromatic carbocycles. The number of ether oxygens (including phenoxy) is 1. The third-order valence-electron chi connectivity index (χ3n) is 3.70. The largest absolute Gasteiger partial charge is 0.374 e. The molecule has 2 N–H and O–H groups in total. The standard InChI is InChI=1S/C15H23N3O4S/c1-12-3-5-14(6-4-12)23(20,21)18-7-8-22-13(10-18)9-17(2)11-15(16)19/h3-6,13H,7-11H2,1-2H3,(H2,16,19). The van der Waals surface area contributed by atoms with Gasteiger partial charge in [-0.3, -0.25) is 9.69 Å². The van der Waals surface area contributed by atoms with E-state index in [1.54, 1.807) is 36.2 Å². The van der Waals surface area contributed by atoms with Crippen molar-refractivity contribution in [3.8, 4) is 0 Å². The number of hydrogen-bond donors (Lipinski definition) is 1. The van der Waals surface area contributed by atoms with Crippen LogP contribution in [0.3, 0.4) is 0 Å². The lowest BCUT2D eigenvalue weighted by Crippen LogP contribution is -2.49. The van der Waals surface area contributed by atoms with Crippen LogP contribution in [0.4, 0.5) is 0 Å². The fourth-order valence-corrected chi connectivity index (χ4v) is 4.01. The minimum atomic E-state index is -3.53. The molecule has 7 nitrogen and oxygen atoms in total. The molecule has 1 aliphatic rings. The van der Waals surface area contributed by atoms with Gasteiger partial charge in [-0.05, 0) is 26.1 Å². The number of nitrogens with two attached hydrogens (primary N) is 1. The molecule has 8 heteroatoms. The molecule has 1 aliphatic heterocycles. The molecule has 1 saturated heterocycles. The summed E-state index contributed by atoms with van der Waals surface area (Å²) in [6.07, 6.45) is -0.284. The average Bonchev–Trinajstić information content (AvgIpc) is 2.47. The molecule has 0 saturated carbocycles. The monoisotopic (exact) mass is 341 g/mol. The van der Waals surface area contributed by atoms with Gasteiger partial charge >= 0.3 is 0 Å². The highest BCUT2D eigenvalue weighted by Crippen LogP contribution is 2.19. The van der Waals surface area contributed by atoms with Gasteiger partial charge in [-0.25, -0.2) is 8.42 Å². The van der Waals surface area contributed by atoms with Crippen molar-refractivity contribution in [2.24, 2.45) is 5.73 Å². The third kappa shape index (κ3) is 4.74. The number of carbonyl (C=O) groups excluding carboxylic acids is 1. The second-order valence-electron chi connectivity index (χ2n) is 5.83. The number of sulfonamides is 1. The topological polar surface area (TPSA) is 92.9 Å². The van der Waals surface area contributed by atoms with Gasteiger partial charge in [-0.15, -0.1) is 0 Å². The predicted molar refractivity (Wildman–Crippen MR) is 86.4 cm³/mol. The van der Waals surface area contributed by atoms with Crippen LogP contribution in [0.2, 0.25) is 0 Å². The molecule has 1 heterocycles. The summed E-state index contributed by atoms with van der Waals surface area (Å²) >= 11 is 0. The zero-order valence-corrected chi connectivity index (χ0v) is 14.3. The molecule has 23 heavy (non-hydrogen) atoms. The molecule has 0 bridgehead atoms. The first kappa shape index (κ1) is 17.9. The van der Waals surface area contributed by atoms with E-state index in [9.17, 15) is 13.2 Å². The number of aryl methyl sites for hydroxylation is 1. The van der Waals surface area contributed by atoms with E-state index in [-0.39, 0.29) is 24.1 Å². The normalized spacial score (nSPS) is 19.9. The number of benzene rings is 1. The minimum Gasteiger partial charge on any atom is -0.374 e. The maximum Gasteiger partial charge on any atom is 0.243 e. The minimum absolute atomic E-state index is 0.116. The van der Waals surface area contributed by atoms with Crippen LogP contribution in [-0.4, -0.2) is 69.5 Å². The molecule has 1 amide bonds. The summed E-state index contributed by atoms with van der Waals surface area (Å²) in [5, 5.41) is 0. The summed E-state index contributed by atoms with van der Waals surface area (Å²) < 4.78 is 32.4. The van der Waals surface area contributed by atoms with Crippen LogP contribution in [0.1, 0.15) is 5.56 Å². The lowest BCUT2D eigenvalue weighted by Gasteiger charge is -2.33. The Kier molecular flexibility index (Phi) is 5.74. The second-order valence-corrected chi connectivity index (χ2v) is 7.77. The molecule has 1 unspecified atom stereocenters. The Labute approximate surface area is 137 Å². The van der Waals surface area contributed by atoms with Crippen molar-refractivity contribution in [3.63, 3.8) is 0 Å². The lowest BCUT2D eigenvalue weighted by atomic mass is 10.2. The maximum atomic E-state index is 12.7. The van der Waals surface area contributed by atoms with Crippen LogP contribution in [0.15, 0.2) is 29.2 Å². The number of amides is 1. The highest BCUT2D eigenvalue weighted by atomic mass is 32.2. The van der Waals surface area contributed by atoms with Gasteiger partial charge in [0.1, 0.15) is 0 Å². The lowest BCUT2D eigenvalue weighted by molar-refractivity contribution is -0.119. The van der Waals surface area contributed by atoms with Crippen LogP contribution in [0, 0.1) is 6.92 Å². The van der Waals surface area contributed by atoms with Gasteiger partial charge < -0.3 is 10.5 Å². The molecule has 0 spiro atoms. The van der Waals surface area contributed by atoms with Crippen LogP contribution in [0.25, 0.3) is 0 Å². The zero-order chi connectivity index (χ0) is 17.0. The van der Waals surface area contributed by atoms with Crippen molar-refractivity contribution < 1.29 is 17.9 Å². The van der Waals surface area contributed by atoms with Gasteiger partial charge in [0.25, 0.3) is 0 Å². The molecule has 2 rings (SSSR count). The van der Waals surface area contributed by atoms with E-state index in [1.807, 2.05) is 6.92 Å². The summed E-state index contributed by atoms with van der Waals surface area (Å²) in [5.41, 5.74) is 6.17. The summed E-state index contributed by atoms with van der Waals surface area (Å²) in [4.78, 5) is 12.9. The van der Waals surface area contributed by atoms with E-state index < -0.39 is 15.9 Å². The Balaban J connectivity index is 2.05. The van der Waals surface area contributed by atoms with E-state index in [1.165, 1.54) is 4.31 Å². The third-order valence-corrected chi connectivity index (χ3v) is 5.58. The van der Waals surface area contributed by atoms with Crippen molar-refractivity contribution in [3.05, 3.63) is 29.8 Å². The second kappa shape index (κ2) is 7.39. The summed E-state index contributed by atoms with van der Waals surface area (Å²) in [7, 11) is -1.78. The molecule has 1 fully saturated rings. The molecule has 128 valence electrons. The van der Waals surface area contributed by atoms with E-state index in [2.05, 4.69) is 0 Å². The quantitative estimate of drug-likeness (QED) is 0.774. The molecule has 0 aromatic heterocycles. The molecule has 0 aliphatic carbocycles. The fraction of sp³-hybridized carbons (Fsp3) is 0.533. The maximum absolute atomic E-state index is 12.7. The van der Waals surface area contributed by atoms with Crippen LogP contribution in [-0.2, 0) is 19.6 Å². The first-order valence-electron chi connectivity index (χ1n) is 7.44. The Bertz CT molecular complexity index is 645. The van der Waals surface area contributed by atoms with Gasteiger partial charge in [0.05, 0.1) is 24.2 Å². The number of nitrogens with zero attached hydrogens (tertiary/aromatic N) is 2. The first-order chi connectivity index (χ1) is 10.8. The Morgan fingerprint density at radius 3 is 2.65 bits per heavy atom. The smallest absolute Gasteiger partial charge is 0.243 e. The number of primary amides is 1. The van der Waals surface area contributed by atoms with Gasteiger partial charge in [0.15, 0.2) is 0 Å². The van der Waals surface area contributed by atoms with Crippen LogP contribution >= 0.6 is 0 Å². The summed E-state index contributed by atoms with van der Waals surface area (Å²) in [6.45, 7) is 3.40. The number of likely N-dealkylation sites (N-methyl/N-ethyl adjacent to an activating group) is 1. The van der Waals surface area contributed by atoms with E-state index in [4.69, 9.17) is 10.5 Å². The predicted octanol–water partition coefficient (Wildman–Crippen LogP) is -0.198. The van der Waals surface area contributed by atoms with Crippen molar-refractivity contribution in [2.75, 3.05) is 39.8 Å². The van der Waals surface area contributed by atoms with E-state index in [0.717, 1.165) is 5.56 Å². The molecular weight excluding hydrogens is 318 g/mol. The number of morpholine rings is 1. The molecular formula is C15H23N3O4S. The number of carbonyl (C=O) groups is 1. The van der Waals surface area contributed by atoms with Crippen molar-refractivity contribution in [1.82, 2.24) is 9.21 Å². The first-order valence-corrected chi connectivity index (χ1v) is 8.88. The highest BCUT2D eigenvalue weighted by molar-refractivity contribution is 7.89. The van der Waals surface area contributed by atoms with Crippen molar-refractivity contribution >= 4 is 15.9 Å². The Hall–Kier alpha value is -1.48. The average molecular weight is 341 g/mol. The number of rotatable bonds is 6.